The third kappa shape index (κ3) is 1.31. The monoisotopic (exact) mass is 259 g/mol. The van der Waals surface area contributed by atoms with Crippen molar-refractivity contribution in [3.8, 4) is 6.07 Å². The molecule has 1 aromatic carbocycles. The van der Waals surface area contributed by atoms with Gasteiger partial charge in [-0.05, 0) is 28.8 Å². The van der Waals surface area contributed by atoms with Gasteiger partial charge in [0.25, 0.3) is 0 Å². The standard InChI is InChI=1S/C14H10ClNO2/c15-12-6-8(3-4-16)5-11-10(12)7-9-1-2-13(17)14(9,11)18/h1-2,5-7,13,17-18H,3H2. The van der Waals surface area contributed by atoms with Crippen LogP contribution in [-0.2, 0) is 12.0 Å². The molecule has 0 radical (unpaired) electrons. The van der Waals surface area contributed by atoms with Crippen LogP contribution in [0.3, 0.4) is 0 Å². The third-order valence-electron chi connectivity index (χ3n) is 3.51. The van der Waals surface area contributed by atoms with Gasteiger partial charge in [0.05, 0.1) is 12.5 Å². The number of aliphatic hydroxyl groups is 2. The molecule has 2 N–H and O–H groups in total. The largest absolute Gasteiger partial charge is 0.385 e. The fourth-order valence-corrected chi connectivity index (χ4v) is 2.89. The normalized spacial score (nSPS) is 27.7. The Balaban J connectivity index is 2.22. The first-order valence-electron chi connectivity index (χ1n) is 5.58. The molecule has 0 aliphatic heterocycles. The van der Waals surface area contributed by atoms with Crippen LogP contribution in [0.4, 0.5) is 0 Å². The SMILES string of the molecule is N#CCc1cc(Cl)c2c(c1)C1(O)C(=C2)C=CC1O. The molecular formula is C14H10ClNO2. The summed E-state index contributed by atoms with van der Waals surface area (Å²) in [6.45, 7) is 0. The predicted molar refractivity (Wildman–Crippen MR) is 67.8 cm³/mol. The van der Waals surface area contributed by atoms with E-state index in [9.17, 15) is 10.2 Å². The van der Waals surface area contributed by atoms with Crippen LogP contribution in [0.25, 0.3) is 6.08 Å². The van der Waals surface area contributed by atoms with Crippen molar-refractivity contribution in [2.45, 2.75) is 18.1 Å². The summed E-state index contributed by atoms with van der Waals surface area (Å²) >= 11 is 6.16. The highest BCUT2D eigenvalue weighted by molar-refractivity contribution is 6.32. The molecule has 3 nitrogen and oxygen atoms in total. The maximum absolute atomic E-state index is 10.6. The van der Waals surface area contributed by atoms with E-state index in [0.29, 0.717) is 16.2 Å². The summed E-state index contributed by atoms with van der Waals surface area (Å²) in [5, 5.41) is 29.8. The van der Waals surface area contributed by atoms with Crippen molar-refractivity contribution in [1.29, 1.82) is 5.26 Å². The second-order valence-corrected chi connectivity index (χ2v) is 4.95. The Hall–Kier alpha value is -1.60. The Kier molecular flexibility index (Phi) is 2.36. The van der Waals surface area contributed by atoms with E-state index in [2.05, 4.69) is 6.07 Å². The molecule has 2 aliphatic rings. The minimum absolute atomic E-state index is 0.224. The Labute approximate surface area is 109 Å². The molecule has 1 aromatic rings. The second kappa shape index (κ2) is 3.69. The molecule has 0 heterocycles. The summed E-state index contributed by atoms with van der Waals surface area (Å²) < 4.78 is 0. The lowest BCUT2D eigenvalue weighted by Gasteiger charge is -2.26. The lowest BCUT2D eigenvalue weighted by molar-refractivity contribution is -0.0150. The summed E-state index contributed by atoms with van der Waals surface area (Å²) in [7, 11) is 0. The van der Waals surface area contributed by atoms with Crippen LogP contribution in [0.2, 0.25) is 5.02 Å². The van der Waals surface area contributed by atoms with E-state index < -0.39 is 11.7 Å². The van der Waals surface area contributed by atoms with Crippen molar-refractivity contribution in [1.82, 2.24) is 0 Å². The molecule has 0 saturated heterocycles. The van der Waals surface area contributed by atoms with Crippen molar-refractivity contribution in [2.75, 3.05) is 0 Å². The van der Waals surface area contributed by atoms with Crippen molar-refractivity contribution in [3.63, 3.8) is 0 Å². The summed E-state index contributed by atoms with van der Waals surface area (Å²) in [5.74, 6) is 0. The van der Waals surface area contributed by atoms with Crippen LogP contribution in [0.1, 0.15) is 16.7 Å². The molecule has 2 aliphatic carbocycles. The van der Waals surface area contributed by atoms with Gasteiger partial charge in [-0.1, -0.05) is 29.8 Å². The zero-order chi connectivity index (χ0) is 12.9. The molecule has 0 saturated carbocycles. The van der Waals surface area contributed by atoms with Crippen LogP contribution < -0.4 is 0 Å². The lowest BCUT2D eigenvalue weighted by atomic mass is 9.88. The Morgan fingerprint density at radius 1 is 1.44 bits per heavy atom. The van der Waals surface area contributed by atoms with Crippen LogP contribution in [0.15, 0.2) is 29.9 Å². The van der Waals surface area contributed by atoms with E-state index in [-0.39, 0.29) is 6.42 Å². The molecule has 4 heteroatoms. The van der Waals surface area contributed by atoms with Crippen LogP contribution in [0, 0.1) is 11.3 Å². The maximum Gasteiger partial charge on any atom is 0.145 e. The van der Waals surface area contributed by atoms with Gasteiger partial charge < -0.3 is 10.2 Å². The number of hydrogen-bond acceptors (Lipinski definition) is 3. The van der Waals surface area contributed by atoms with E-state index in [1.807, 2.05) is 0 Å². The zero-order valence-electron chi connectivity index (χ0n) is 9.39. The van der Waals surface area contributed by atoms with Crippen LogP contribution in [0.5, 0.6) is 0 Å². The Bertz CT molecular complexity index is 642. The molecule has 2 atom stereocenters. The average Bonchev–Trinajstić information content (AvgIpc) is 2.76. The second-order valence-electron chi connectivity index (χ2n) is 4.54. The molecule has 0 bridgehead atoms. The number of nitriles is 1. The maximum atomic E-state index is 10.6. The van der Waals surface area contributed by atoms with Gasteiger partial charge in [0.15, 0.2) is 0 Å². The Morgan fingerprint density at radius 3 is 2.94 bits per heavy atom. The van der Waals surface area contributed by atoms with Gasteiger partial charge in [-0.2, -0.15) is 5.26 Å². The van der Waals surface area contributed by atoms with Gasteiger partial charge in [-0.25, -0.2) is 0 Å². The zero-order valence-corrected chi connectivity index (χ0v) is 10.1. The molecule has 18 heavy (non-hydrogen) atoms. The summed E-state index contributed by atoms with van der Waals surface area (Å²) in [6, 6.07) is 5.51. The van der Waals surface area contributed by atoms with E-state index in [1.165, 1.54) is 0 Å². The highest BCUT2D eigenvalue weighted by Crippen LogP contribution is 2.48. The van der Waals surface area contributed by atoms with E-state index in [4.69, 9.17) is 16.9 Å². The minimum Gasteiger partial charge on any atom is -0.385 e. The van der Waals surface area contributed by atoms with Gasteiger partial charge in [-0.3, -0.25) is 0 Å². The fourth-order valence-electron chi connectivity index (χ4n) is 2.59. The number of rotatable bonds is 1. The number of fused-ring (bicyclic) bond motifs is 3. The van der Waals surface area contributed by atoms with Gasteiger partial charge >= 0.3 is 0 Å². The number of nitrogens with zero attached hydrogens (tertiary/aromatic N) is 1. The molecule has 2 unspecified atom stereocenters. The summed E-state index contributed by atoms with van der Waals surface area (Å²) in [6.07, 6.45) is 4.28. The van der Waals surface area contributed by atoms with E-state index >= 15 is 0 Å². The van der Waals surface area contributed by atoms with Gasteiger partial charge in [0, 0.05) is 10.6 Å². The quantitative estimate of drug-likeness (QED) is 0.810. The van der Waals surface area contributed by atoms with Gasteiger partial charge in [0.2, 0.25) is 0 Å². The molecule has 0 aromatic heterocycles. The number of hydrogen-bond donors (Lipinski definition) is 2. The first-order chi connectivity index (χ1) is 8.57. The van der Waals surface area contributed by atoms with Crippen LogP contribution >= 0.6 is 11.6 Å². The summed E-state index contributed by atoms with van der Waals surface area (Å²) in [4.78, 5) is 0. The van der Waals surface area contributed by atoms with E-state index in [1.54, 1.807) is 30.4 Å². The lowest BCUT2D eigenvalue weighted by Crippen LogP contribution is -2.34. The molecule has 3 rings (SSSR count). The molecular weight excluding hydrogens is 250 g/mol. The first-order valence-corrected chi connectivity index (χ1v) is 5.96. The first kappa shape index (κ1) is 11.5. The van der Waals surface area contributed by atoms with Crippen LogP contribution in [-0.4, -0.2) is 16.3 Å². The molecule has 0 spiro atoms. The molecule has 90 valence electrons. The van der Waals surface area contributed by atoms with Gasteiger partial charge in [-0.15, -0.1) is 0 Å². The van der Waals surface area contributed by atoms with Crippen molar-refractivity contribution in [2.24, 2.45) is 0 Å². The number of aliphatic hydroxyl groups excluding tert-OH is 1. The van der Waals surface area contributed by atoms with Gasteiger partial charge in [0.1, 0.15) is 11.7 Å². The topological polar surface area (TPSA) is 64.2 Å². The number of benzene rings is 1. The van der Waals surface area contributed by atoms with Crippen molar-refractivity contribution >= 4 is 17.7 Å². The minimum atomic E-state index is -1.41. The fraction of sp³-hybridized carbons (Fsp3) is 0.214. The average molecular weight is 260 g/mol. The highest BCUT2D eigenvalue weighted by Gasteiger charge is 2.47. The Morgan fingerprint density at radius 2 is 2.22 bits per heavy atom. The van der Waals surface area contributed by atoms with Crippen molar-refractivity contribution < 1.29 is 10.2 Å². The summed E-state index contributed by atoms with van der Waals surface area (Å²) in [5.41, 5.74) is 1.26. The van der Waals surface area contributed by atoms with E-state index in [0.717, 1.165) is 11.1 Å². The third-order valence-corrected chi connectivity index (χ3v) is 3.82. The highest BCUT2D eigenvalue weighted by atomic mass is 35.5. The predicted octanol–water partition coefficient (Wildman–Crippen LogP) is 1.92. The molecule has 0 amide bonds. The molecule has 0 fully saturated rings. The van der Waals surface area contributed by atoms with Crippen molar-refractivity contribution in [3.05, 3.63) is 51.6 Å². The number of halogens is 1. The smallest absolute Gasteiger partial charge is 0.145 e.